The molecular weight excluding hydrogens is 383 g/mol. The Bertz CT molecular complexity index is 1130. The Morgan fingerprint density at radius 2 is 1.93 bits per heavy atom. The van der Waals surface area contributed by atoms with Gasteiger partial charge in [-0.15, -0.1) is 0 Å². The largest absolute Gasteiger partial charge is 0.318 e. The molecule has 5 rings (SSSR count). The van der Waals surface area contributed by atoms with Crippen LogP contribution in [0.2, 0.25) is 0 Å². The molecule has 1 fully saturated rings. The van der Waals surface area contributed by atoms with Crippen LogP contribution in [0.15, 0.2) is 29.8 Å². The first-order chi connectivity index (χ1) is 13.5. The van der Waals surface area contributed by atoms with Crippen LogP contribution < -0.4 is 0 Å². The van der Waals surface area contributed by atoms with Gasteiger partial charge >= 0.3 is 0 Å². The Hall–Kier alpha value is -2.33. The van der Waals surface area contributed by atoms with Gasteiger partial charge in [0.1, 0.15) is 18.0 Å². The van der Waals surface area contributed by atoms with Crippen molar-refractivity contribution in [2.75, 3.05) is 13.1 Å². The molecule has 5 heterocycles. The van der Waals surface area contributed by atoms with Crippen molar-refractivity contribution in [3.05, 3.63) is 42.0 Å². The molecule has 1 saturated heterocycles. The summed E-state index contributed by atoms with van der Waals surface area (Å²) in [5.74, 6) is 0.494. The second-order valence-electron chi connectivity index (χ2n) is 7.44. The molecule has 0 unspecified atom stereocenters. The van der Waals surface area contributed by atoms with Gasteiger partial charge in [0.25, 0.3) is 10.0 Å². The van der Waals surface area contributed by atoms with E-state index in [1.165, 1.54) is 22.9 Å². The molecule has 0 bridgehead atoms. The van der Waals surface area contributed by atoms with Crippen LogP contribution in [-0.4, -0.2) is 50.0 Å². The van der Waals surface area contributed by atoms with Crippen LogP contribution in [0.5, 0.6) is 0 Å². The number of sulfonamides is 1. The summed E-state index contributed by atoms with van der Waals surface area (Å²) in [6.07, 6.45) is 8.51. The maximum atomic E-state index is 14.5. The Labute approximate surface area is 162 Å². The van der Waals surface area contributed by atoms with E-state index in [9.17, 15) is 12.8 Å². The van der Waals surface area contributed by atoms with Gasteiger partial charge in [-0.3, -0.25) is 0 Å². The first-order valence-corrected chi connectivity index (χ1v) is 11.0. The lowest BCUT2D eigenvalue weighted by Gasteiger charge is -2.31. The van der Waals surface area contributed by atoms with Gasteiger partial charge in [-0.25, -0.2) is 27.3 Å². The highest BCUT2D eigenvalue weighted by Gasteiger charge is 2.34. The Kier molecular flexibility index (Phi) is 4.20. The van der Waals surface area contributed by atoms with Crippen molar-refractivity contribution < 1.29 is 12.8 Å². The van der Waals surface area contributed by atoms with Crippen LogP contribution in [0, 0.1) is 5.82 Å². The standard InChI is InChI=1S/C18H21FN6O2S/c19-15-9-17-21-12-22-25(17)11-14(15)13-4-7-23(8-5-13)28(26,27)18-10-20-16-3-1-2-6-24(16)18/h9-13H,1-8H2. The molecule has 2 aliphatic heterocycles. The first-order valence-electron chi connectivity index (χ1n) is 9.57. The summed E-state index contributed by atoms with van der Waals surface area (Å²) in [7, 11) is -3.59. The summed E-state index contributed by atoms with van der Waals surface area (Å²) in [5, 5.41) is 4.35. The molecule has 2 aliphatic rings. The summed E-state index contributed by atoms with van der Waals surface area (Å²) in [4.78, 5) is 8.30. The van der Waals surface area contributed by atoms with Crippen molar-refractivity contribution in [3.8, 4) is 0 Å². The number of hydrogen-bond donors (Lipinski definition) is 0. The number of rotatable bonds is 3. The lowest BCUT2D eigenvalue weighted by atomic mass is 9.91. The smallest absolute Gasteiger partial charge is 0.260 e. The average Bonchev–Trinajstić information content (AvgIpc) is 3.34. The number of aryl methyl sites for hydroxylation is 1. The van der Waals surface area contributed by atoms with Gasteiger partial charge in [0.2, 0.25) is 0 Å². The highest BCUT2D eigenvalue weighted by atomic mass is 32.2. The van der Waals surface area contributed by atoms with E-state index in [1.54, 1.807) is 10.7 Å². The number of hydrogen-bond acceptors (Lipinski definition) is 5. The normalized spacial score (nSPS) is 19.2. The quantitative estimate of drug-likeness (QED) is 0.666. The van der Waals surface area contributed by atoms with Crippen LogP contribution in [0.1, 0.15) is 43.0 Å². The van der Waals surface area contributed by atoms with Gasteiger partial charge < -0.3 is 4.57 Å². The number of nitrogens with zero attached hydrogens (tertiary/aromatic N) is 6. The lowest BCUT2D eigenvalue weighted by molar-refractivity contribution is 0.312. The van der Waals surface area contributed by atoms with Crippen LogP contribution in [0.25, 0.3) is 5.65 Å². The number of pyridine rings is 1. The van der Waals surface area contributed by atoms with Gasteiger partial charge in [-0.05, 0) is 31.6 Å². The van der Waals surface area contributed by atoms with E-state index in [2.05, 4.69) is 15.1 Å². The van der Waals surface area contributed by atoms with E-state index in [4.69, 9.17) is 0 Å². The van der Waals surface area contributed by atoms with Crippen molar-refractivity contribution >= 4 is 15.7 Å². The number of piperidine rings is 1. The summed E-state index contributed by atoms with van der Waals surface area (Å²) in [5.41, 5.74) is 1.03. The molecule has 0 amide bonds. The third-order valence-corrected chi connectivity index (χ3v) is 7.72. The van der Waals surface area contributed by atoms with Gasteiger partial charge in [-0.1, -0.05) is 0 Å². The second kappa shape index (κ2) is 6.63. The number of fused-ring (bicyclic) bond motifs is 2. The molecular formula is C18H21FN6O2S. The van der Waals surface area contributed by atoms with Crippen molar-refractivity contribution in [2.45, 2.75) is 49.6 Å². The van der Waals surface area contributed by atoms with Gasteiger partial charge in [0.15, 0.2) is 10.7 Å². The molecule has 148 valence electrons. The molecule has 0 saturated carbocycles. The Morgan fingerprint density at radius 1 is 1.11 bits per heavy atom. The van der Waals surface area contributed by atoms with Crippen LogP contribution in [0.3, 0.4) is 0 Å². The van der Waals surface area contributed by atoms with Crippen LogP contribution in [-0.2, 0) is 23.0 Å². The summed E-state index contributed by atoms with van der Waals surface area (Å²) in [6.45, 7) is 1.42. The fraction of sp³-hybridized carbons (Fsp3) is 0.500. The molecule has 0 aliphatic carbocycles. The SMILES string of the molecule is O=S(=O)(c1cnc2n1CCCC2)N1CCC(c2cn3ncnc3cc2F)CC1. The van der Waals surface area contributed by atoms with Crippen molar-refractivity contribution in [1.82, 2.24) is 28.5 Å². The van der Waals surface area contributed by atoms with E-state index in [-0.39, 0.29) is 16.8 Å². The van der Waals surface area contributed by atoms with E-state index in [1.807, 2.05) is 4.57 Å². The van der Waals surface area contributed by atoms with E-state index in [0.29, 0.717) is 43.7 Å². The van der Waals surface area contributed by atoms with E-state index >= 15 is 0 Å². The topological polar surface area (TPSA) is 85.4 Å². The first kappa shape index (κ1) is 17.7. The zero-order valence-electron chi connectivity index (χ0n) is 15.3. The third-order valence-electron chi connectivity index (χ3n) is 5.83. The van der Waals surface area contributed by atoms with Crippen LogP contribution in [0.4, 0.5) is 4.39 Å². The molecule has 3 aromatic heterocycles. The minimum absolute atomic E-state index is 0.0422. The molecule has 8 nitrogen and oxygen atoms in total. The minimum Gasteiger partial charge on any atom is -0.318 e. The minimum atomic E-state index is -3.59. The molecule has 0 aromatic carbocycles. The second-order valence-corrected chi connectivity index (χ2v) is 9.32. The predicted octanol–water partition coefficient (Wildman–Crippen LogP) is 1.97. The fourth-order valence-electron chi connectivity index (χ4n) is 4.29. The molecule has 28 heavy (non-hydrogen) atoms. The van der Waals surface area contributed by atoms with Crippen molar-refractivity contribution in [2.24, 2.45) is 0 Å². The van der Waals surface area contributed by atoms with Crippen molar-refractivity contribution in [1.29, 1.82) is 0 Å². The highest BCUT2D eigenvalue weighted by Crippen LogP contribution is 2.33. The molecule has 0 spiro atoms. The Balaban J connectivity index is 1.36. The van der Waals surface area contributed by atoms with Crippen molar-refractivity contribution in [3.63, 3.8) is 0 Å². The van der Waals surface area contributed by atoms with Gasteiger partial charge in [-0.2, -0.15) is 9.40 Å². The maximum absolute atomic E-state index is 14.5. The molecule has 10 heteroatoms. The predicted molar refractivity (Wildman–Crippen MR) is 98.8 cm³/mol. The highest BCUT2D eigenvalue weighted by molar-refractivity contribution is 7.89. The lowest BCUT2D eigenvalue weighted by Crippen LogP contribution is -2.39. The number of aromatic nitrogens is 5. The van der Waals surface area contributed by atoms with E-state index < -0.39 is 10.0 Å². The molecule has 0 N–H and O–H groups in total. The molecule has 0 atom stereocenters. The number of halogens is 1. The monoisotopic (exact) mass is 404 g/mol. The summed E-state index contributed by atoms with van der Waals surface area (Å²) < 4.78 is 45.7. The van der Waals surface area contributed by atoms with Crippen LogP contribution >= 0.6 is 0 Å². The maximum Gasteiger partial charge on any atom is 0.260 e. The third kappa shape index (κ3) is 2.82. The molecule has 3 aromatic rings. The van der Waals surface area contributed by atoms with Gasteiger partial charge in [0, 0.05) is 43.9 Å². The van der Waals surface area contributed by atoms with Gasteiger partial charge in [0.05, 0.1) is 6.20 Å². The average molecular weight is 404 g/mol. The number of imidazole rings is 1. The fourth-order valence-corrected chi connectivity index (χ4v) is 5.90. The summed E-state index contributed by atoms with van der Waals surface area (Å²) in [6, 6.07) is 1.38. The zero-order valence-corrected chi connectivity index (χ0v) is 16.1. The zero-order chi connectivity index (χ0) is 19.3. The summed E-state index contributed by atoms with van der Waals surface area (Å²) >= 11 is 0. The molecule has 0 radical (unpaired) electrons. The van der Waals surface area contributed by atoms with E-state index in [0.717, 1.165) is 25.1 Å². The Morgan fingerprint density at radius 3 is 2.75 bits per heavy atom.